The number of benzene rings is 3. The summed E-state index contributed by atoms with van der Waals surface area (Å²) in [4.78, 5) is 36.5. The van der Waals surface area contributed by atoms with Crippen LogP contribution in [0.3, 0.4) is 0 Å². The second-order valence-electron chi connectivity index (χ2n) is 9.00. The Labute approximate surface area is 219 Å². The van der Waals surface area contributed by atoms with E-state index in [9.17, 15) is 9.59 Å². The lowest BCUT2D eigenvalue weighted by molar-refractivity contribution is -0.129. The minimum Gasteiger partial charge on any atom is -0.294 e. The molecule has 0 unspecified atom stereocenters. The summed E-state index contributed by atoms with van der Waals surface area (Å²) in [6, 6.07) is 27.8. The molecule has 6 rings (SSSR count). The third kappa shape index (κ3) is 4.06. The normalized spacial score (nSPS) is 20.4. The van der Waals surface area contributed by atoms with Crippen LogP contribution in [-0.4, -0.2) is 40.1 Å². The number of carbonyl (C=O) groups excluding carboxylic acids is 2. The Bertz CT molecular complexity index is 1350. The summed E-state index contributed by atoms with van der Waals surface area (Å²) >= 11 is 3.04. The highest BCUT2D eigenvalue weighted by Gasteiger charge is 2.47. The van der Waals surface area contributed by atoms with Crippen LogP contribution in [0, 0.1) is 5.92 Å². The van der Waals surface area contributed by atoms with Crippen molar-refractivity contribution in [3.8, 4) is 0 Å². The van der Waals surface area contributed by atoms with E-state index in [1.165, 1.54) is 33.4 Å². The minimum atomic E-state index is -0.214. The van der Waals surface area contributed by atoms with Crippen molar-refractivity contribution in [2.75, 3.05) is 17.7 Å². The number of aliphatic imine (C=N–C) groups is 1. The summed E-state index contributed by atoms with van der Waals surface area (Å²) < 4.78 is 0. The quantitative estimate of drug-likeness (QED) is 0.434. The number of carbonyl (C=O) groups is 2. The lowest BCUT2D eigenvalue weighted by Crippen LogP contribution is -2.45. The van der Waals surface area contributed by atoms with Gasteiger partial charge in [-0.05, 0) is 53.8 Å². The highest BCUT2D eigenvalue weighted by atomic mass is 32.2. The van der Waals surface area contributed by atoms with Gasteiger partial charge in [0.15, 0.2) is 5.17 Å². The second-order valence-corrected chi connectivity index (χ2v) is 11.1. The molecule has 5 nitrogen and oxygen atoms in total. The number of hydrogen-bond acceptors (Lipinski definition) is 5. The molecule has 0 spiro atoms. The molecule has 7 heteroatoms. The number of thioether (sulfide) groups is 2. The molecule has 0 aromatic heterocycles. The van der Waals surface area contributed by atoms with Crippen LogP contribution in [0.1, 0.15) is 17.5 Å². The Morgan fingerprint density at radius 2 is 1.61 bits per heavy atom. The molecule has 3 aromatic rings. The molecular weight excluding hydrogens is 486 g/mol. The van der Waals surface area contributed by atoms with Gasteiger partial charge in [0.1, 0.15) is 5.37 Å². The first kappa shape index (κ1) is 23.1. The van der Waals surface area contributed by atoms with Gasteiger partial charge in [-0.3, -0.25) is 19.4 Å². The molecule has 2 amide bonds. The number of amidine groups is 1. The topological polar surface area (TPSA) is 53.0 Å². The Morgan fingerprint density at radius 1 is 0.972 bits per heavy atom. The molecule has 0 saturated heterocycles. The summed E-state index contributed by atoms with van der Waals surface area (Å²) in [5.41, 5.74) is 5.44. The second kappa shape index (κ2) is 9.64. The molecule has 0 saturated carbocycles. The van der Waals surface area contributed by atoms with Crippen molar-refractivity contribution >= 4 is 56.8 Å². The highest BCUT2D eigenvalue weighted by Crippen LogP contribution is 2.54. The Morgan fingerprint density at radius 3 is 2.31 bits per heavy atom. The molecule has 0 N–H and O–H groups in total. The molecular formula is C29H25N3O2S2. The van der Waals surface area contributed by atoms with Crippen molar-refractivity contribution in [1.29, 1.82) is 0 Å². The van der Waals surface area contributed by atoms with Crippen LogP contribution in [0.15, 0.2) is 95.5 Å². The van der Waals surface area contributed by atoms with E-state index in [0.717, 1.165) is 24.2 Å². The third-order valence-corrected chi connectivity index (χ3v) is 9.21. The summed E-state index contributed by atoms with van der Waals surface area (Å²) in [6.07, 6.45) is 1.87. The Hall–Kier alpha value is -3.29. The number of para-hydroxylation sites is 2. The van der Waals surface area contributed by atoms with Gasteiger partial charge in [-0.25, -0.2) is 4.99 Å². The number of anilines is 2. The lowest BCUT2D eigenvalue weighted by Gasteiger charge is -2.31. The van der Waals surface area contributed by atoms with Crippen LogP contribution in [-0.2, 0) is 16.0 Å². The van der Waals surface area contributed by atoms with E-state index in [0.29, 0.717) is 5.17 Å². The standard InChI is InChI=1S/C29H25N3O2S2/c1-31-28(34)25-23-17-16-19-10-8-9-15-22(19)26(23)36-27(25)30-29(31)35-18-24(33)32(20-11-4-2-5-12-20)21-13-6-3-7-14-21/h2-15,25,27H,16-18H2,1H3/t25-,27-/m0/s1. The number of nitrogens with zero attached hydrogens (tertiary/aromatic N) is 3. The Balaban J connectivity index is 1.23. The monoisotopic (exact) mass is 511 g/mol. The molecule has 0 radical (unpaired) electrons. The maximum absolute atomic E-state index is 13.5. The lowest BCUT2D eigenvalue weighted by atomic mass is 9.84. The first-order valence-corrected chi connectivity index (χ1v) is 13.9. The van der Waals surface area contributed by atoms with Gasteiger partial charge < -0.3 is 0 Å². The summed E-state index contributed by atoms with van der Waals surface area (Å²) in [6.45, 7) is 0. The van der Waals surface area contributed by atoms with Gasteiger partial charge in [0.05, 0.1) is 11.7 Å². The van der Waals surface area contributed by atoms with Gasteiger partial charge in [-0.2, -0.15) is 0 Å². The SMILES string of the molecule is CN1C(=O)[C@H]2C3=C(S[C@@H]2N=C1SCC(=O)N(c1ccccc1)c1ccccc1)c1ccccc1CC3. The molecule has 3 aromatic carbocycles. The van der Waals surface area contributed by atoms with E-state index in [1.807, 2.05) is 60.7 Å². The van der Waals surface area contributed by atoms with E-state index < -0.39 is 0 Å². The molecule has 3 aliphatic rings. The van der Waals surface area contributed by atoms with Gasteiger partial charge in [-0.1, -0.05) is 84.2 Å². The number of aryl methyl sites for hydroxylation is 1. The van der Waals surface area contributed by atoms with Gasteiger partial charge in [0, 0.05) is 23.3 Å². The van der Waals surface area contributed by atoms with E-state index in [2.05, 4.69) is 24.3 Å². The van der Waals surface area contributed by atoms with Crippen molar-refractivity contribution in [3.63, 3.8) is 0 Å². The number of fused-ring (bicyclic) bond motifs is 4. The zero-order valence-electron chi connectivity index (χ0n) is 19.8. The predicted octanol–water partition coefficient (Wildman–Crippen LogP) is 5.96. The first-order chi connectivity index (χ1) is 17.6. The summed E-state index contributed by atoms with van der Waals surface area (Å²) in [5, 5.41) is 0.443. The fraction of sp³-hybridized carbons (Fsp3) is 0.207. The smallest absolute Gasteiger partial charge is 0.242 e. The van der Waals surface area contributed by atoms with E-state index >= 15 is 0 Å². The van der Waals surface area contributed by atoms with Crippen molar-refractivity contribution in [2.45, 2.75) is 18.2 Å². The van der Waals surface area contributed by atoms with Crippen LogP contribution in [0.25, 0.3) is 4.91 Å². The van der Waals surface area contributed by atoms with Crippen LogP contribution in [0.2, 0.25) is 0 Å². The van der Waals surface area contributed by atoms with Crippen LogP contribution < -0.4 is 4.90 Å². The average Bonchev–Trinajstić information content (AvgIpc) is 3.30. The van der Waals surface area contributed by atoms with Gasteiger partial charge in [0.2, 0.25) is 11.8 Å². The maximum Gasteiger partial charge on any atom is 0.242 e. The summed E-state index contributed by atoms with van der Waals surface area (Å²) in [7, 11) is 1.78. The average molecular weight is 512 g/mol. The number of hydrogen-bond donors (Lipinski definition) is 0. The van der Waals surface area contributed by atoms with Crippen LogP contribution in [0.5, 0.6) is 0 Å². The molecule has 0 bridgehead atoms. The summed E-state index contributed by atoms with van der Waals surface area (Å²) in [5.74, 6) is -0.0232. The predicted molar refractivity (Wildman–Crippen MR) is 149 cm³/mol. The van der Waals surface area contributed by atoms with Gasteiger partial charge in [-0.15, -0.1) is 0 Å². The van der Waals surface area contributed by atoms with Crippen molar-refractivity contribution in [1.82, 2.24) is 4.90 Å². The zero-order valence-corrected chi connectivity index (χ0v) is 21.5. The van der Waals surface area contributed by atoms with Gasteiger partial charge in [0.25, 0.3) is 0 Å². The van der Waals surface area contributed by atoms with Crippen molar-refractivity contribution in [2.24, 2.45) is 10.9 Å². The molecule has 180 valence electrons. The first-order valence-electron chi connectivity index (χ1n) is 12.0. The minimum absolute atomic E-state index is 0.0616. The molecule has 36 heavy (non-hydrogen) atoms. The number of amides is 2. The van der Waals surface area contributed by atoms with E-state index in [4.69, 9.17) is 4.99 Å². The highest BCUT2D eigenvalue weighted by molar-refractivity contribution is 8.14. The molecule has 2 heterocycles. The zero-order chi connectivity index (χ0) is 24.6. The molecule has 1 aliphatic carbocycles. The number of rotatable bonds is 4. The molecule has 0 fully saturated rings. The molecule has 2 atom stereocenters. The van der Waals surface area contributed by atoms with Crippen molar-refractivity contribution < 1.29 is 9.59 Å². The maximum atomic E-state index is 13.5. The fourth-order valence-corrected chi connectivity index (χ4v) is 7.54. The largest absolute Gasteiger partial charge is 0.294 e. The Kier molecular flexibility index (Phi) is 6.19. The fourth-order valence-electron chi connectivity index (χ4n) is 5.10. The van der Waals surface area contributed by atoms with E-state index in [-0.39, 0.29) is 28.9 Å². The van der Waals surface area contributed by atoms with E-state index in [1.54, 1.807) is 28.6 Å². The van der Waals surface area contributed by atoms with Crippen LogP contribution in [0.4, 0.5) is 11.4 Å². The van der Waals surface area contributed by atoms with Gasteiger partial charge >= 0.3 is 0 Å². The van der Waals surface area contributed by atoms with Crippen molar-refractivity contribution in [3.05, 3.63) is 102 Å². The van der Waals surface area contributed by atoms with Crippen LogP contribution >= 0.6 is 23.5 Å². The third-order valence-electron chi connectivity index (χ3n) is 6.84. The molecule has 2 aliphatic heterocycles.